The Bertz CT molecular complexity index is 870. The third kappa shape index (κ3) is 6.07. The summed E-state index contributed by atoms with van der Waals surface area (Å²) in [6.45, 7) is 1.49. The lowest BCUT2D eigenvalue weighted by molar-refractivity contribution is -0.137. The molecule has 1 heterocycles. The number of hydrogen-bond acceptors (Lipinski definition) is 4. The molecule has 142 valence electrons. The average Bonchev–Trinajstić information content (AvgIpc) is 2.61. The zero-order valence-corrected chi connectivity index (χ0v) is 14.7. The molecule has 0 bridgehead atoms. The fourth-order valence-corrected chi connectivity index (χ4v) is 2.23. The molecule has 1 aromatic heterocycles. The van der Waals surface area contributed by atoms with E-state index in [-0.39, 0.29) is 17.8 Å². The number of alkyl halides is 3. The number of hydrazone groups is 1. The monoisotopic (exact) mass is 398 g/mol. The van der Waals surface area contributed by atoms with Gasteiger partial charge >= 0.3 is 6.18 Å². The summed E-state index contributed by atoms with van der Waals surface area (Å²) in [5.41, 5.74) is 1.72. The minimum absolute atomic E-state index is 0.0519. The number of carbonyl (C=O) groups is 2. The summed E-state index contributed by atoms with van der Waals surface area (Å²) in [7, 11) is 0. The first-order valence-corrected chi connectivity index (χ1v) is 7.94. The average molecular weight is 399 g/mol. The number of hydrogen-bond donors (Lipinski definition) is 2. The number of aromatic nitrogens is 1. The van der Waals surface area contributed by atoms with Crippen LogP contribution in [0.3, 0.4) is 0 Å². The number of anilines is 1. The second-order valence-electron chi connectivity index (χ2n) is 5.45. The topological polar surface area (TPSA) is 83.5 Å². The maximum Gasteiger partial charge on any atom is 0.417 e. The Hall–Kier alpha value is -2.94. The number of pyridine rings is 1. The van der Waals surface area contributed by atoms with Crippen molar-refractivity contribution in [2.75, 3.05) is 5.32 Å². The van der Waals surface area contributed by atoms with Gasteiger partial charge in [-0.25, -0.2) is 5.43 Å². The van der Waals surface area contributed by atoms with Gasteiger partial charge in [-0.05, 0) is 37.3 Å². The van der Waals surface area contributed by atoms with Crippen molar-refractivity contribution in [2.24, 2.45) is 5.10 Å². The second kappa shape index (κ2) is 8.63. The third-order valence-electron chi connectivity index (χ3n) is 3.24. The van der Waals surface area contributed by atoms with Crippen molar-refractivity contribution < 1.29 is 22.8 Å². The van der Waals surface area contributed by atoms with Gasteiger partial charge in [0.25, 0.3) is 5.91 Å². The molecule has 0 aliphatic heterocycles. The molecule has 0 saturated carbocycles. The van der Waals surface area contributed by atoms with Crippen LogP contribution in [0.4, 0.5) is 18.9 Å². The van der Waals surface area contributed by atoms with E-state index in [0.717, 1.165) is 12.1 Å². The number of nitrogens with one attached hydrogen (secondary N) is 2. The Balaban J connectivity index is 1.96. The molecular weight excluding hydrogens is 385 g/mol. The Morgan fingerprint density at radius 2 is 2.00 bits per heavy atom. The largest absolute Gasteiger partial charge is 0.417 e. The predicted molar refractivity (Wildman–Crippen MR) is 94.5 cm³/mol. The number of halogens is 4. The molecule has 0 unspecified atom stereocenters. The standard InChI is InChI=1S/C17H14ClF3N4O2/c1-10(24-25-16(27)11-3-2-6-22-9-11)7-15(26)23-12-4-5-14(18)13(8-12)17(19,20)21/h2-6,8-9H,7H2,1H3,(H,23,26)(H,25,27)/b24-10+. The highest BCUT2D eigenvalue weighted by Gasteiger charge is 2.33. The summed E-state index contributed by atoms with van der Waals surface area (Å²) in [6.07, 6.45) is -1.99. The van der Waals surface area contributed by atoms with Crippen LogP contribution in [0.15, 0.2) is 47.8 Å². The SMILES string of the molecule is C/C(CC(=O)Nc1ccc(Cl)c(C(F)(F)F)c1)=N\NC(=O)c1cccnc1. The van der Waals surface area contributed by atoms with Gasteiger partial charge in [-0.3, -0.25) is 14.6 Å². The molecule has 0 spiro atoms. The molecule has 2 aromatic rings. The van der Waals surface area contributed by atoms with Crippen molar-refractivity contribution in [2.45, 2.75) is 19.5 Å². The molecule has 0 fully saturated rings. The van der Waals surface area contributed by atoms with Crippen LogP contribution in [0.5, 0.6) is 0 Å². The van der Waals surface area contributed by atoms with Gasteiger partial charge in [0.2, 0.25) is 5.91 Å². The minimum Gasteiger partial charge on any atom is -0.326 e. The molecule has 0 atom stereocenters. The molecule has 6 nitrogen and oxygen atoms in total. The molecule has 1 aromatic carbocycles. The minimum atomic E-state index is -4.63. The van der Waals surface area contributed by atoms with Crippen molar-refractivity contribution in [1.82, 2.24) is 10.4 Å². The summed E-state index contributed by atoms with van der Waals surface area (Å²) in [4.78, 5) is 27.6. The van der Waals surface area contributed by atoms with Crippen molar-refractivity contribution in [3.8, 4) is 0 Å². The van der Waals surface area contributed by atoms with Crippen LogP contribution < -0.4 is 10.7 Å². The van der Waals surface area contributed by atoms with Crippen LogP contribution in [0, 0.1) is 0 Å². The lowest BCUT2D eigenvalue weighted by Gasteiger charge is -2.11. The first-order valence-electron chi connectivity index (χ1n) is 7.57. The predicted octanol–water partition coefficient (Wildman–Crippen LogP) is 3.89. The first-order chi connectivity index (χ1) is 12.7. The molecule has 0 aliphatic carbocycles. The van der Waals surface area contributed by atoms with Crippen molar-refractivity contribution in [3.63, 3.8) is 0 Å². The molecule has 27 heavy (non-hydrogen) atoms. The van der Waals surface area contributed by atoms with Crippen LogP contribution >= 0.6 is 11.6 Å². The Morgan fingerprint density at radius 1 is 1.26 bits per heavy atom. The molecule has 0 aliphatic rings. The van der Waals surface area contributed by atoms with Crippen molar-refractivity contribution in [1.29, 1.82) is 0 Å². The molecule has 2 N–H and O–H groups in total. The number of benzene rings is 1. The van der Waals surface area contributed by atoms with Crippen LogP contribution in [-0.4, -0.2) is 22.5 Å². The van der Waals surface area contributed by atoms with Gasteiger partial charge in [0.05, 0.1) is 22.6 Å². The Labute approximate surface area is 157 Å². The Kier molecular flexibility index (Phi) is 6.51. The van der Waals surface area contributed by atoms with E-state index in [4.69, 9.17) is 11.6 Å². The first kappa shape index (κ1) is 20.4. The Morgan fingerprint density at radius 3 is 2.63 bits per heavy atom. The van der Waals surface area contributed by atoms with E-state index in [0.29, 0.717) is 5.56 Å². The van der Waals surface area contributed by atoms with E-state index < -0.39 is 28.6 Å². The van der Waals surface area contributed by atoms with Crippen molar-refractivity contribution in [3.05, 3.63) is 58.9 Å². The van der Waals surface area contributed by atoms with E-state index >= 15 is 0 Å². The number of rotatable bonds is 5. The number of carbonyl (C=O) groups excluding carboxylic acids is 2. The van der Waals surface area contributed by atoms with E-state index in [1.54, 1.807) is 12.1 Å². The summed E-state index contributed by atoms with van der Waals surface area (Å²) < 4.78 is 38.5. The van der Waals surface area contributed by atoms with Gasteiger partial charge in [-0.2, -0.15) is 18.3 Å². The molecular formula is C17H14ClF3N4O2. The van der Waals surface area contributed by atoms with Crippen LogP contribution in [0.2, 0.25) is 5.02 Å². The second-order valence-corrected chi connectivity index (χ2v) is 5.85. The van der Waals surface area contributed by atoms with Crippen LogP contribution in [-0.2, 0) is 11.0 Å². The van der Waals surface area contributed by atoms with Gasteiger partial charge in [0, 0.05) is 23.8 Å². The maximum atomic E-state index is 12.8. The molecule has 0 radical (unpaired) electrons. The van der Waals surface area contributed by atoms with Gasteiger partial charge in [-0.15, -0.1) is 0 Å². The highest BCUT2D eigenvalue weighted by atomic mass is 35.5. The van der Waals surface area contributed by atoms with Gasteiger partial charge in [0.15, 0.2) is 0 Å². The van der Waals surface area contributed by atoms with E-state index in [2.05, 4.69) is 20.8 Å². The maximum absolute atomic E-state index is 12.8. The summed E-state index contributed by atoms with van der Waals surface area (Å²) in [5.74, 6) is -1.10. The van der Waals surface area contributed by atoms with Crippen LogP contribution in [0.25, 0.3) is 0 Å². The normalized spacial score (nSPS) is 11.8. The number of nitrogens with zero attached hydrogens (tertiary/aromatic N) is 2. The van der Waals surface area contributed by atoms with E-state index in [9.17, 15) is 22.8 Å². The molecule has 0 saturated heterocycles. The van der Waals surface area contributed by atoms with Gasteiger partial charge in [-0.1, -0.05) is 11.6 Å². The number of amides is 2. The molecule has 10 heteroatoms. The zero-order chi connectivity index (χ0) is 20.0. The third-order valence-corrected chi connectivity index (χ3v) is 3.57. The van der Waals surface area contributed by atoms with Gasteiger partial charge < -0.3 is 5.32 Å². The van der Waals surface area contributed by atoms with Crippen LogP contribution in [0.1, 0.15) is 29.3 Å². The highest BCUT2D eigenvalue weighted by molar-refractivity contribution is 6.31. The van der Waals surface area contributed by atoms with E-state index in [1.807, 2.05) is 0 Å². The quantitative estimate of drug-likeness (QED) is 0.592. The van der Waals surface area contributed by atoms with Gasteiger partial charge in [0.1, 0.15) is 0 Å². The van der Waals surface area contributed by atoms with E-state index in [1.165, 1.54) is 25.4 Å². The smallest absolute Gasteiger partial charge is 0.326 e. The summed E-state index contributed by atoms with van der Waals surface area (Å²) in [6, 6.07) is 6.18. The summed E-state index contributed by atoms with van der Waals surface area (Å²) >= 11 is 5.53. The molecule has 2 amide bonds. The zero-order valence-electron chi connectivity index (χ0n) is 14.0. The highest BCUT2D eigenvalue weighted by Crippen LogP contribution is 2.36. The summed E-state index contributed by atoms with van der Waals surface area (Å²) in [5, 5.41) is 5.65. The molecule has 2 rings (SSSR count). The fraction of sp³-hybridized carbons (Fsp3) is 0.176. The van der Waals surface area contributed by atoms with Crippen molar-refractivity contribution >= 4 is 34.8 Å². The lowest BCUT2D eigenvalue weighted by atomic mass is 10.2. The fourth-order valence-electron chi connectivity index (χ4n) is 2.01. The lowest BCUT2D eigenvalue weighted by Crippen LogP contribution is -2.21.